The highest BCUT2D eigenvalue weighted by Gasteiger charge is 2.10. The van der Waals surface area contributed by atoms with Crippen molar-refractivity contribution in [3.05, 3.63) is 72.3 Å². The van der Waals surface area contributed by atoms with Gasteiger partial charge in [-0.15, -0.1) is 6.58 Å². The highest BCUT2D eigenvalue weighted by molar-refractivity contribution is 6.35. The minimum absolute atomic E-state index is 0.124. The molecule has 8 heteroatoms. The molecule has 156 valence electrons. The van der Waals surface area contributed by atoms with Crippen LogP contribution in [0, 0.1) is 0 Å². The standard InChI is InChI=1S/C22H24N4O4/c1-3-13-23-21(28)22(29)26-24-14-16-9-11-18(12-10-16)30-15-20(27)25-19-8-6-5-7-17(19)4-2/h3,5-12,14H,1,4,13,15H2,2H3,(H,23,28)(H,25,27)(H,26,29)/b24-14-. The topological polar surface area (TPSA) is 109 Å². The van der Waals surface area contributed by atoms with Gasteiger partial charge in [0.1, 0.15) is 5.75 Å². The predicted molar refractivity (Wildman–Crippen MR) is 115 cm³/mol. The highest BCUT2D eigenvalue weighted by atomic mass is 16.5. The van der Waals surface area contributed by atoms with E-state index in [2.05, 4.69) is 27.7 Å². The fourth-order valence-corrected chi connectivity index (χ4v) is 2.40. The lowest BCUT2D eigenvalue weighted by Crippen LogP contribution is -2.37. The molecule has 0 bridgehead atoms. The third-order valence-corrected chi connectivity index (χ3v) is 3.92. The number of nitrogens with one attached hydrogen (secondary N) is 3. The normalized spacial score (nSPS) is 10.3. The molecule has 0 aliphatic heterocycles. The number of hydrazone groups is 1. The first-order valence-electron chi connectivity index (χ1n) is 9.36. The first-order valence-corrected chi connectivity index (χ1v) is 9.36. The van der Waals surface area contributed by atoms with E-state index in [1.54, 1.807) is 24.3 Å². The van der Waals surface area contributed by atoms with E-state index in [4.69, 9.17) is 4.74 Å². The van der Waals surface area contributed by atoms with Gasteiger partial charge in [-0.05, 0) is 47.9 Å². The Balaban J connectivity index is 1.80. The van der Waals surface area contributed by atoms with Crippen LogP contribution < -0.4 is 20.8 Å². The van der Waals surface area contributed by atoms with Gasteiger partial charge in [-0.25, -0.2) is 5.43 Å². The van der Waals surface area contributed by atoms with Crippen molar-refractivity contribution in [2.45, 2.75) is 13.3 Å². The minimum atomic E-state index is -0.872. The van der Waals surface area contributed by atoms with Crippen molar-refractivity contribution in [2.24, 2.45) is 5.10 Å². The van der Waals surface area contributed by atoms with Crippen LogP contribution in [0.1, 0.15) is 18.1 Å². The van der Waals surface area contributed by atoms with E-state index in [-0.39, 0.29) is 19.1 Å². The van der Waals surface area contributed by atoms with E-state index < -0.39 is 11.8 Å². The Morgan fingerprint density at radius 1 is 1.07 bits per heavy atom. The van der Waals surface area contributed by atoms with Crippen LogP contribution in [0.5, 0.6) is 5.75 Å². The van der Waals surface area contributed by atoms with E-state index in [0.717, 1.165) is 17.7 Å². The van der Waals surface area contributed by atoms with Crippen LogP contribution in [-0.4, -0.2) is 37.1 Å². The van der Waals surface area contributed by atoms with Gasteiger partial charge in [0.2, 0.25) is 0 Å². The summed E-state index contributed by atoms with van der Waals surface area (Å²) < 4.78 is 5.49. The lowest BCUT2D eigenvalue weighted by molar-refractivity contribution is -0.139. The maximum Gasteiger partial charge on any atom is 0.329 e. The first-order chi connectivity index (χ1) is 14.5. The summed E-state index contributed by atoms with van der Waals surface area (Å²) in [5.41, 5.74) is 4.64. The number of benzene rings is 2. The number of nitrogens with zero attached hydrogens (tertiary/aromatic N) is 1. The molecule has 0 unspecified atom stereocenters. The van der Waals surface area contributed by atoms with Crippen LogP contribution >= 0.6 is 0 Å². The molecule has 0 aliphatic rings. The second kappa shape index (κ2) is 11.8. The van der Waals surface area contributed by atoms with Gasteiger partial charge in [0.05, 0.1) is 6.21 Å². The summed E-state index contributed by atoms with van der Waals surface area (Å²) in [6, 6.07) is 14.4. The number of carbonyl (C=O) groups is 3. The lowest BCUT2D eigenvalue weighted by Gasteiger charge is -2.10. The fourth-order valence-electron chi connectivity index (χ4n) is 2.40. The van der Waals surface area contributed by atoms with E-state index in [9.17, 15) is 14.4 Å². The molecule has 2 rings (SSSR count). The lowest BCUT2D eigenvalue weighted by atomic mass is 10.1. The zero-order valence-corrected chi connectivity index (χ0v) is 16.7. The van der Waals surface area contributed by atoms with Gasteiger partial charge in [-0.2, -0.15) is 5.10 Å². The van der Waals surface area contributed by atoms with Crippen molar-refractivity contribution < 1.29 is 19.1 Å². The van der Waals surface area contributed by atoms with Gasteiger partial charge in [-0.3, -0.25) is 14.4 Å². The average molecular weight is 408 g/mol. The van der Waals surface area contributed by atoms with Gasteiger partial charge < -0.3 is 15.4 Å². The molecule has 0 atom stereocenters. The molecule has 0 fully saturated rings. The summed E-state index contributed by atoms with van der Waals surface area (Å²) >= 11 is 0. The summed E-state index contributed by atoms with van der Waals surface area (Å²) in [6.07, 6.45) is 3.67. The van der Waals surface area contributed by atoms with Crippen molar-refractivity contribution in [3.8, 4) is 5.75 Å². The number of para-hydroxylation sites is 1. The third-order valence-electron chi connectivity index (χ3n) is 3.92. The number of hydrogen-bond donors (Lipinski definition) is 3. The molecule has 0 spiro atoms. The summed E-state index contributed by atoms with van der Waals surface area (Å²) in [6.45, 7) is 5.54. The smallest absolute Gasteiger partial charge is 0.329 e. The van der Waals surface area contributed by atoms with Crippen LogP contribution in [-0.2, 0) is 20.8 Å². The second-order valence-corrected chi connectivity index (χ2v) is 6.11. The summed E-state index contributed by atoms with van der Waals surface area (Å²) in [7, 11) is 0. The molecule has 8 nitrogen and oxygen atoms in total. The third kappa shape index (κ3) is 7.23. The Bertz CT molecular complexity index is 923. The molecule has 0 heterocycles. The minimum Gasteiger partial charge on any atom is -0.484 e. The molecule has 0 radical (unpaired) electrons. The zero-order valence-electron chi connectivity index (χ0n) is 16.7. The zero-order chi connectivity index (χ0) is 21.8. The van der Waals surface area contributed by atoms with Gasteiger partial charge in [-0.1, -0.05) is 31.2 Å². The molecule has 0 aliphatic carbocycles. The number of ether oxygens (including phenoxy) is 1. The largest absolute Gasteiger partial charge is 0.484 e. The highest BCUT2D eigenvalue weighted by Crippen LogP contribution is 2.16. The summed E-state index contributed by atoms with van der Waals surface area (Å²) in [5, 5.41) is 8.90. The molecule has 2 aromatic carbocycles. The molecular weight excluding hydrogens is 384 g/mol. The van der Waals surface area contributed by atoms with Crippen LogP contribution in [0.4, 0.5) is 5.69 Å². The molecule has 0 saturated heterocycles. The number of rotatable bonds is 9. The number of amides is 3. The van der Waals surface area contributed by atoms with E-state index in [1.165, 1.54) is 12.3 Å². The van der Waals surface area contributed by atoms with Gasteiger partial charge in [0.25, 0.3) is 5.91 Å². The Labute approximate surface area is 175 Å². The number of anilines is 1. The number of aryl methyl sites for hydroxylation is 1. The number of carbonyl (C=O) groups excluding carboxylic acids is 3. The Hall–Kier alpha value is -3.94. The fraction of sp³-hybridized carbons (Fsp3) is 0.182. The van der Waals surface area contributed by atoms with Gasteiger partial charge in [0.15, 0.2) is 6.61 Å². The molecule has 0 saturated carbocycles. The van der Waals surface area contributed by atoms with Gasteiger partial charge in [0, 0.05) is 12.2 Å². The number of hydrogen-bond acceptors (Lipinski definition) is 5. The van der Waals surface area contributed by atoms with Crippen LogP contribution in [0.15, 0.2) is 66.3 Å². The van der Waals surface area contributed by atoms with Gasteiger partial charge >= 0.3 is 11.8 Å². The first kappa shape index (κ1) is 22.4. The van der Waals surface area contributed by atoms with Crippen LogP contribution in [0.25, 0.3) is 0 Å². The van der Waals surface area contributed by atoms with E-state index in [0.29, 0.717) is 11.3 Å². The second-order valence-electron chi connectivity index (χ2n) is 6.11. The monoisotopic (exact) mass is 408 g/mol. The van der Waals surface area contributed by atoms with Crippen molar-refractivity contribution in [1.82, 2.24) is 10.7 Å². The molecule has 3 amide bonds. The molecule has 2 aromatic rings. The SMILES string of the molecule is C=CCNC(=O)C(=O)N/N=C\c1ccc(OCC(=O)Nc2ccccc2CC)cc1. The Morgan fingerprint density at radius 2 is 1.80 bits per heavy atom. The van der Waals surface area contributed by atoms with Crippen molar-refractivity contribution in [2.75, 3.05) is 18.5 Å². The Morgan fingerprint density at radius 3 is 2.50 bits per heavy atom. The molecule has 30 heavy (non-hydrogen) atoms. The Kier molecular flexibility index (Phi) is 8.79. The van der Waals surface area contributed by atoms with E-state index >= 15 is 0 Å². The maximum absolute atomic E-state index is 12.1. The maximum atomic E-state index is 12.1. The molecule has 0 aromatic heterocycles. The van der Waals surface area contributed by atoms with Crippen molar-refractivity contribution in [3.63, 3.8) is 0 Å². The van der Waals surface area contributed by atoms with Crippen LogP contribution in [0.2, 0.25) is 0 Å². The molecule has 3 N–H and O–H groups in total. The van der Waals surface area contributed by atoms with Crippen molar-refractivity contribution >= 4 is 29.6 Å². The van der Waals surface area contributed by atoms with Crippen LogP contribution in [0.3, 0.4) is 0 Å². The summed E-state index contributed by atoms with van der Waals surface area (Å²) in [5.74, 6) is -1.41. The predicted octanol–water partition coefficient (Wildman–Crippen LogP) is 2.02. The quantitative estimate of drug-likeness (QED) is 0.255. The average Bonchev–Trinajstić information content (AvgIpc) is 2.77. The summed E-state index contributed by atoms with van der Waals surface area (Å²) in [4.78, 5) is 35.0. The molecular formula is C22H24N4O4. The van der Waals surface area contributed by atoms with E-state index in [1.807, 2.05) is 31.2 Å². The van der Waals surface area contributed by atoms with Crippen molar-refractivity contribution in [1.29, 1.82) is 0 Å².